The van der Waals surface area contributed by atoms with Crippen molar-refractivity contribution in [2.24, 2.45) is 0 Å². The Kier molecular flexibility index (Phi) is 5.86. The number of anilines is 1. The molecule has 0 amide bonds. The van der Waals surface area contributed by atoms with E-state index >= 15 is 0 Å². The number of thiocarbonyl (C=S) groups is 1. The molecule has 0 spiro atoms. The summed E-state index contributed by atoms with van der Waals surface area (Å²) < 4.78 is 23.2. The van der Waals surface area contributed by atoms with Gasteiger partial charge in [0.05, 0.1) is 28.6 Å². The second-order valence-corrected chi connectivity index (χ2v) is 10.6. The first-order valence-corrected chi connectivity index (χ1v) is 11.8. The summed E-state index contributed by atoms with van der Waals surface area (Å²) in [6.45, 7) is 4.32. The van der Waals surface area contributed by atoms with Gasteiger partial charge in [-0.25, -0.2) is 13.4 Å². The summed E-state index contributed by atoms with van der Waals surface area (Å²) in [6, 6.07) is 7.96. The third-order valence-electron chi connectivity index (χ3n) is 4.20. The lowest BCUT2D eigenvalue weighted by Crippen LogP contribution is -2.42. The van der Waals surface area contributed by atoms with Crippen LogP contribution in [0.3, 0.4) is 0 Å². The number of aromatic nitrogens is 1. The van der Waals surface area contributed by atoms with Gasteiger partial charge in [0, 0.05) is 10.9 Å². The SMILES string of the molecule is CC(C)c1ccc(-c2csc(NC(=S)N[C@H]3CS(=O)(=O)C[C@@H]3Cl)n2)cc1. The fourth-order valence-corrected chi connectivity index (χ4v) is 6.33. The predicted octanol–water partition coefficient (Wildman–Crippen LogP) is 3.62. The van der Waals surface area contributed by atoms with Crippen LogP contribution in [0.15, 0.2) is 29.6 Å². The van der Waals surface area contributed by atoms with Gasteiger partial charge in [-0.15, -0.1) is 22.9 Å². The summed E-state index contributed by atoms with van der Waals surface area (Å²) in [5, 5.41) is 8.44. The Labute approximate surface area is 168 Å². The van der Waals surface area contributed by atoms with Crippen molar-refractivity contribution >= 4 is 55.2 Å². The molecule has 0 aliphatic carbocycles. The first-order valence-electron chi connectivity index (χ1n) is 8.21. The van der Waals surface area contributed by atoms with E-state index in [1.54, 1.807) is 0 Å². The molecule has 9 heteroatoms. The summed E-state index contributed by atoms with van der Waals surface area (Å²) >= 11 is 12.8. The van der Waals surface area contributed by atoms with Crippen molar-refractivity contribution in [2.45, 2.75) is 31.2 Å². The predicted molar refractivity (Wildman–Crippen MR) is 113 cm³/mol. The van der Waals surface area contributed by atoms with Gasteiger partial charge in [0.25, 0.3) is 0 Å². The minimum Gasteiger partial charge on any atom is -0.357 e. The Balaban J connectivity index is 1.62. The maximum Gasteiger partial charge on any atom is 0.189 e. The van der Waals surface area contributed by atoms with Crippen molar-refractivity contribution in [3.8, 4) is 11.3 Å². The number of hydrogen-bond acceptors (Lipinski definition) is 5. The van der Waals surface area contributed by atoms with Crippen LogP contribution in [0.4, 0.5) is 5.13 Å². The van der Waals surface area contributed by atoms with Crippen LogP contribution in [0.2, 0.25) is 0 Å². The molecule has 1 aliphatic heterocycles. The van der Waals surface area contributed by atoms with Gasteiger partial charge in [-0.1, -0.05) is 38.1 Å². The Morgan fingerprint density at radius 1 is 1.31 bits per heavy atom. The van der Waals surface area contributed by atoms with E-state index in [9.17, 15) is 8.42 Å². The quantitative estimate of drug-likeness (QED) is 0.571. The highest BCUT2D eigenvalue weighted by Gasteiger charge is 2.36. The summed E-state index contributed by atoms with van der Waals surface area (Å²) in [4.78, 5) is 4.55. The summed E-state index contributed by atoms with van der Waals surface area (Å²) in [5.74, 6) is 0.460. The maximum absolute atomic E-state index is 11.6. The maximum atomic E-state index is 11.6. The molecule has 1 fully saturated rings. The number of nitrogens with one attached hydrogen (secondary N) is 2. The topological polar surface area (TPSA) is 71.1 Å². The van der Waals surface area contributed by atoms with Crippen LogP contribution >= 0.6 is 35.2 Å². The molecule has 1 aromatic heterocycles. The lowest BCUT2D eigenvalue weighted by atomic mass is 10.0. The lowest BCUT2D eigenvalue weighted by molar-refractivity contribution is 0.600. The van der Waals surface area contributed by atoms with Gasteiger partial charge in [0.1, 0.15) is 0 Å². The molecule has 2 aromatic rings. The molecule has 1 aliphatic rings. The molecule has 5 nitrogen and oxygen atoms in total. The van der Waals surface area contributed by atoms with Crippen molar-refractivity contribution in [1.29, 1.82) is 0 Å². The molecule has 0 saturated carbocycles. The highest BCUT2D eigenvalue weighted by Crippen LogP contribution is 2.26. The Morgan fingerprint density at radius 3 is 2.58 bits per heavy atom. The number of benzene rings is 1. The average molecular weight is 430 g/mol. The van der Waals surface area contributed by atoms with Gasteiger partial charge in [-0.2, -0.15) is 0 Å². The highest BCUT2D eigenvalue weighted by atomic mass is 35.5. The zero-order valence-corrected chi connectivity index (χ0v) is 17.6. The first-order chi connectivity index (χ1) is 12.2. The normalized spacial score (nSPS) is 21.7. The van der Waals surface area contributed by atoms with E-state index in [1.807, 2.05) is 5.38 Å². The van der Waals surface area contributed by atoms with Crippen LogP contribution < -0.4 is 10.6 Å². The third-order valence-corrected chi connectivity index (χ3v) is 7.55. The summed E-state index contributed by atoms with van der Waals surface area (Å²) in [6.07, 6.45) is 0. The molecule has 2 N–H and O–H groups in total. The second kappa shape index (κ2) is 7.80. The van der Waals surface area contributed by atoms with Crippen LogP contribution in [0, 0.1) is 0 Å². The fraction of sp³-hybridized carbons (Fsp3) is 0.412. The zero-order valence-electron chi connectivity index (χ0n) is 14.4. The van der Waals surface area contributed by atoms with Crippen molar-refractivity contribution in [1.82, 2.24) is 10.3 Å². The average Bonchev–Trinajstić information content (AvgIpc) is 3.11. The van der Waals surface area contributed by atoms with Crippen LogP contribution in [-0.4, -0.2) is 41.4 Å². The number of thiazole rings is 1. The summed E-state index contributed by atoms with van der Waals surface area (Å²) in [7, 11) is -3.10. The largest absolute Gasteiger partial charge is 0.357 e. The smallest absolute Gasteiger partial charge is 0.189 e. The molecule has 2 heterocycles. The van der Waals surface area contributed by atoms with Gasteiger partial charge in [0.2, 0.25) is 0 Å². The highest BCUT2D eigenvalue weighted by molar-refractivity contribution is 7.91. The standard InChI is InChI=1S/C17H20ClN3O2S3/c1-10(2)11-3-5-12(6-4-11)14-7-25-17(20-14)21-16(24)19-15-9-26(22,23)8-13(15)18/h3-7,10,13,15H,8-9H2,1-2H3,(H2,19,20,21,24)/t13-,15-/m0/s1. The first kappa shape index (κ1) is 19.5. The van der Waals surface area contributed by atoms with Gasteiger partial charge in [-0.3, -0.25) is 0 Å². The van der Waals surface area contributed by atoms with Crippen LogP contribution in [0.5, 0.6) is 0 Å². The zero-order chi connectivity index (χ0) is 18.9. The lowest BCUT2D eigenvalue weighted by Gasteiger charge is -2.16. The van der Waals surface area contributed by atoms with Crippen molar-refractivity contribution in [3.63, 3.8) is 0 Å². The fourth-order valence-electron chi connectivity index (χ4n) is 2.74. The molecule has 3 rings (SSSR count). The van der Waals surface area contributed by atoms with Crippen LogP contribution in [0.1, 0.15) is 25.3 Å². The molecule has 1 saturated heterocycles. The van der Waals surface area contributed by atoms with Crippen LogP contribution in [-0.2, 0) is 9.84 Å². The molecular weight excluding hydrogens is 410 g/mol. The third kappa shape index (κ3) is 4.73. The van der Waals surface area contributed by atoms with Crippen LogP contribution in [0.25, 0.3) is 11.3 Å². The van der Waals surface area contributed by atoms with Gasteiger partial charge >= 0.3 is 0 Å². The van der Waals surface area contributed by atoms with Gasteiger partial charge in [0.15, 0.2) is 20.1 Å². The number of nitrogens with zero attached hydrogens (tertiary/aromatic N) is 1. The number of rotatable bonds is 4. The van der Waals surface area contributed by atoms with Gasteiger partial charge < -0.3 is 10.6 Å². The number of hydrogen-bond donors (Lipinski definition) is 2. The molecule has 26 heavy (non-hydrogen) atoms. The monoisotopic (exact) mass is 429 g/mol. The van der Waals surface area contributed by atoms with E-state index in [0.29, 0.717) is 16.2 Å². The van der Waals surface area contributed by atoms with Crippen molar-refractivity contribution in [3.05, 3.63) is 35.2 Å². The van der Waals surface area contributed by atoms with Gasteiger partial charge in [-0.05, 0) is 23.7 Å². The van der Waals surface area contributed by atoms with E-state index in [4.69, 9.17) is 23.8 Å². The molecule has 1 aromatic carbocycles. The molecular formula is C17H20ClN3O2S3. The second-order valence-electron chi connectivity index (χ2n) is 6.61. The Bertz CT molecular complexity index is 894. The number of halogens is 1. The molecule has 0 radical (unpaired) electrons. The molecule has 140 valence electrons. The van der Waals surface area contributed by atoms with Crippen molar-refractivity contribution < 1.29 is 8.42 Å². The Morgan fingerprint density at radius 2 is 2.00 bits per heavy atom. The van der Waals surface area contributed by atoms with E-state index in [1.165, 1.54) is 16.9 Å². The minimum atomic E-state index is -3.10. The Hall–Kier alpha value is -1.22. The van der Waals surface area contributed by atoms with E-state index in [0.717, 1.165) is 11.3 Å². The number of sulfone groups is 1. The van der Waals surface area contributed by atoms with E-state index in [2.05, 4.69) is 53.7 Å². The molecule has 2 atom stereocenters. The molecule has 0 bridgehead atoms. The minimum absolute atomic E-state index is 0.00565. The number of alkyl halides is 1. The molecule has 0 unspecified atom stereocenters. The summed E-state index contributed by atoms with van der Waals surface area (Å²) in [5.41, 5.74) is 3.20. The van der Waals surface area contributed by atoms with E-state index in [-0.39, 0.29) is 17.5 Å². The van der Waals surface area contributed by atoms with E-state index < -0.39 is 15.2 Å². The van der Waals surface area contributed by atoms with Crippen molar-refractivity contribution in [2.75, 3.05) is 16.8 Å².